The summed E-state index contributed by atoms with van der Waals surface area (Å²) in [5, 5.41) is 10.1. The van der Waals surface area contributed by atoms with Crippen molar-refractivity contribution < 1.29 is 4.79 Å². The van der Waals surface area contributed by atoms with E-state index in [0.29, 0.717) is 36.8 Å². The average molecular weight is 359 g/mol. The molecular weight excluding hydrogens is 340 g/mol. The Labute approximate surface area is 149 Å². The van der Waals surface area contributed by atoms with Crippen LogP contribution in [0, 0.1) is 13.8 Å². The van der Waals surface area contributed by atoms with Gasteiger partial charge in [-0.05, 0) is 31.5 Å². The van der Waals surface area contributed by atoms with Gasteiger partial charge >= 0.3 is 6.03 Å². The molecule has 7 nitrogen and oxygen atoms in total. The van der Waals surface area contributed by atoms with Crippen LogP contribution in [0.4, 0.5) is 10.5 Å². The predicted molar refractivity (Wildman–Crippen MR) is 99.2 cm³/mol. The Bertz CT molecular complexity index is 990. The van der Waals surface area contributed by atoms with E-state index in [0.717, 1.165) is 33.2 Å². The molecule has 0 unspecified atom stereocenters. The lowest BCUT2D eigenvalue weighted by atomic mass is 10.0. The van der Waals surface area contributed by atoms with Gasteiger partial charge in [-0.15, -0.1) is 0 Å². The van der Waals surface area contributed by atoms with Crippen LogP contribution < -0.4 is 10.6 Å². The van der Waals surface area contributed by atoms with Crippen LogP contribution in [0.1, 0.15) is 11.3 Å². The third-order valence-corrected chi connectivity index (χ3v) is 5.03. The molecule has 1 aliphatic heterocycles. The number of piperazine rings is 1. The number of carbonyl (C=O) groups is 1. The second-order valence-corrected chi connectivity index (χ2v) is 6.88. The summed E-state index contributed by atoms with van der Waals surface area (Å²) in [6, 6.07) is 3.50. The van der Waals surface area contributed by atoms with Crippen LogP contribution in [0.3, 0.4) is 0 Å². The maximum atomic E-state index is 11.4. The first-order valence-corrected chi connectivity index (χ1v) is 8.57. The number of fused-ring (bicyclic) bond motifs is 2. The van der Waals surface area contributed by atoms with Gasteiger partial charge in [0.05, 0.1) is 16.6 Å². The zero-order chi connectivity index (χ0) is 17.7. The van der Waals surface area contributed by atoms with E-state index in [1.165, 1.54) is 0 Å². The number of pyridine rings is 1. The zero-order valence-electron chi connectivity index (χ0n) is 14.1. The Morgan fingerprint density at radius 2 is 1.96 bits per heavy atom. The van der Waals surface area contributed by atoms with Gasteiger partial charge in [-0.1, -0.05) is 11.6 Å². The summed E-state index contributed by atoms with van der Waals surface area (Å²) in [6.45, 7) is 6.58. The second-order valence-electron chi connectivity index (χ2n) is 6.44. The Balaban J connectivity index is 1.93. The number of halogens is 1. The summed E-state index contributed by atoms with van der Waals surface area (Å²) in [6.07, 6.45) is 0. The Kier molecular flexibility index (Phi) is 3.68. The van der Waals surface area contributed by atoms with Crippen molar-refractivity contribution in [1.29, 1.82) is 0 Å². The molecule has 0 atom stereocenters. The van der Waals surface area contributed by atoms with Gasteiger partial charge in [0, 0.05) is 42.3 Å². The highest BCUT2D eigenvalue weighted by atomic mass is 35.5. The van der Waals surface area contributed by atoms with Crippen LogP contribution >= 0.6 is 11.6 Å². The van der Waals surface area contributed by atoms with Gasteiger partial charge in [0.15, 0.2) is 5.65 Å². The van der Waals surface area contributed by atoms with E-state index in [9.17, 15) is 4.79 Å². The Hall–Kier alpha value is -2.54. The molecule has 3 N–H and O–H groups in total. The van der Waals surface area contributed by atoms with Crippen LogP contribution in [-0.2, 0) is 0 Å². The summed E-state index contributed by atoms with van der Waals surface area (Å²) < 4.78 is 0. The number of benzene rings is 1. The van der Waals surface area contributed by atoms with Crippen molar-refractivity contribution in [3.05, 3.63) is 28.4 Å². The number of nitrogens with two attached hydrogens (primary N) is 1. The number of amides is 2. The number of urea groups is 1. The molecule has 25 heavy (non-hydrogen) atoms. The molecule has 0 saturated carbocycles. The molecule has 0 spiro atoms. The first-order valence-electron chi connectivity index (χ1n) is 8.19. The molecule has 3 aromatic rings. The zero-order valence-corrected chi connectivity index (χ0v) is 14.9. The van der Waals surface area contributed by atoms with Crippen LogP contribution in [-0.4, -0.2) is 52.3 Å². The topological polar surface area (TPSA) is 91.1 Å². The number of aryl methyl sites for hydroxylation is 2. The van der Waals surface area contributed by atoms with Gasteiger partial charge in [0.2, 0.25) is 0 Å². The number of hydrogen-bond acceptors (Lipinski definition) is 4. The van der Waals surface area contributed by atoms with Crippen LogP contribution in [0.15, 0.2) is 12.1 Å². The predicted octanol–water partition coefficient (Wildman–Crippen LogP) is 2.58. The lowest BCUT2D eigenvalue weighted by Crippen LogP contribution is -2.50. The van der Waals surface area contributed by atoms with Crippen molar-refractivity contribution in [3.63, 3.8) is 0 Å². The maximum Gasteiger partial charge on any atom is 0.314 e. The molecule has 0 radical (unpaired) electrons. The lowest BCUT2D eigenvalue weighted by Gasteiger charge is -2.36. The minimum absolute atomic E-state index is 0.372. The maximum absolute atomic E-state index is 11.4. The number of carbonyl (C=O) groups excluding carboxylic acids is 1. The average Bonchev–Trinajstić information content (AvgIpc) is 2.94. The van der Waals surface area contributed by atoms with Crippen molar-refractivity contribution >= 4 is 45.3 Å². The van der Waals surface area contributed by atoms with Crippen LogP contribution in [0.5, 0.6) is 0 Å². The molecule has 1 fully saturated rings. The number of anilines is 1. The Morgan fingerprint density at radius 3 is 2.64 bits per heavy atom. The third kappa shape index (κ3) is 2.55. The smallest absolute Gasteiger partial charge is 0.314 e. The monoisotopic (exact) mass is 358 g/mol. The molecule has 130 valence electrons. The molecule has 2 aromatic heterocycles. The number of rotatable bonds is 1. The van der Waals surface area contributed by atoms with E-state index in [-0.39, 0.29) is 6.03 Å². The highest BCUT2D eigenvalue weighted by molar-refractivity contribution is 6.32. The van der Waals surface area contributed by atoms with Crippen LogP contribution in [0.25, 0.3) is 21.9 Å². The quantitative estimate of drug-likeness (QED) is 0.699. The number of nitrogens with one attached hydrogen (secondary N) is 1. The number of aromatic nitrogens is 3. The summed E-state index contributed by atoms with van der Waals surface area (Å²) >= 11 is 6.33. The number of hydrogen-bond donors (Lipinski definition) is 2. The molecular formula is C17H19ClN6O. The number of aromatic amines is 1. The minimum atomic E-state index is -0.372. The molecule has 3 heterocycles. The van der Waals surface area contributed by atoms with Gasteiger partial charge in [-0.3, -0.25) is 5.10 Å². The van der Waals surface area contributed by atoms with Crippen molar-refractivity contribution in [2.45, 2.75) is 13.8 Å². The third-order valence-electron chi connectivity index (χ3n) is 4.81. The standard InChI is InChI=1S/C17H19ClN6O/c1-9-7-11(18)8-12-14(9)20-16-13(10(2)21-22-16)15(12)23-3-5-24(6-4-23)17(19)25/h7-8H,3-6H2,1-2H3,(H2,19,25)(H,20,21,22). The summed E-state index contributed by atoms with van der Waals surface area (Å²) in [7, 11) is 0. The fourth-order valence-corrected chi connectivity index (χ4v) is 3.84. The van der Waals surface area contributed by atoms with E-state index in [4.69, 9.17) is 22.3 Å². The SMILES string of the molecule is Cc1cc(Cl)cc2c(N3CCN(C(N)=O)CC3)c3c(C)[nH]nc3nc12. The molecule has 4 rings (SSSR count). The van der Waals surface area contributed by atoms with Gasteiger partial charge < -0.3 is 15.5 Å². The van der Waals surface area contributed by atoms with Crippen molar-refractivity contribution in [1.82, 2.24) is 20.1 Å². The van der Waals surface area contributed by atoms with E-state index in [1.807, 2.05) is 26.0 Å². The van der Waals surface area contributed by atoms with Crippen molar-refractivity contribution in [3.8, 4) is 0 Å². The minimum Gasteiger partial charge on any atom is -0.367 e. The fourth-order valence-electron chi connectivity index (χ4n) is 3.56. The molecule has 2 amide bonds. The summed E-state index contributed by atoms with van der Waals surface area (Å²) in [4.78, 5) is 20.1. The van der Waals surface area contributed by atoms with Gasteiger partial charge in [0.1, 0.15) is 0 Å². The first-order chi connectivity index (χ1) is 12.0. The molecule has 0 bridgehead atoms. The Morgan fingerprint density at radius 1 is 1.24 bits per heavy atom. The highest BCUT2D eigenvalue weighted by Crippen LogP contribution is 2.37. The number of primary amides is 1. The normalized spacial score (nSPS) is 15.3. The van der Waals surface area contributed by atoms with E-state index >= 15 is 0 Å². The molecule has 1 aliphatic rings. The largest absolute Gasteiger partial charge is 0.367 e. The fraction of sp³-hybridized carbons (Fsp3) is 0.353. The van der Waals surface area contributed by atoms with E-state index in [2.05, 4.69) is 15.1 Å². The first kappa shape index (κ1) is 16.0. The summed E-state index contributed by atoms with van der Waals surface area (Å²) in [5.41, 5.74) is 10.1. The van der Waals surface area contributed by atoms with E-state index < -0.39 is 0 Å². The molecule has 8 heteroatoms. The lowest BCUT2D eigenvalue weighted by molar-refractivity contribution is 0.204. The molecule has 1 aromatic carbocycles. The number of H-pyrrole nitrogens is 1. The molecule has 1 saturated heterocycles. The number of nitrogens with zero attached hydrogens (tertiary/aromatic N) is 4. The summed E-state index contributed by atoms with van der Waals surface area (Å²) in [5.74, 6) is 0. The molecule has 0 aliphatic carbocycles. The van der Waals surface area contributed by atoms with Crippen molar-refractivity contribution in [2.75, 3.05) is 31.1 Å². The van der Waals surface area contributed by atoms with Crippen molar-refractivity contribution in [2.24, 2.45) is 5.73 Å². The van der Waals surface area contributed by atoms with Gasteiger partial charge in [-0.25, -0.2) is 9.78 Å². The highest BCUT2D eigenvalue weighted by Gasteiger charge is 2.25. The van der Waals surface area contributed by atoms with E-state index in [1.54, 1.807) is 4.90 Å². The van der Waals surface area contributed by atoms with Crippen LogP contribution in [0.2, 0.25) is 5.02 Å². The second kappa shape index (κ2) is 5.77. The van der Waals surface area contributed by atoms with Gasteiger partial charge in [-0.2, -0.15) is 5.10 Å². The van der Waals surface area contributed by atoms with Gasteiger partial charge in [0.25, 0.3) is 0 Å².